The number of benzene rings is 1. The summed E-state index contributed by atoms with van der Waals surface area (Å²) in [5, 5.41) is 14.9. The van der Waals surface area contributed by atoms with Gasteiger partial charge in [0, 0.05) is 5.56 Å². The van der Waals surface area contributed by atoms with E-state index in [1.807, 2.05) is 30.3 Å². The van der Waals surface area contributed by atoms with E-state index in [4.69, 9.17) is 4.74 Å². The summed E-state index contributed by atoms with van der Waals surface area (Å²) in [5.41, 5.74) is -0.272. The van der Waals surface area contributed by atoms with E-state index < -0.39 is 5.66 Å². The molecule has 88 valence electrons. The lowest BCUT2D eigenvalue weighted by molar-refractivity contribution is -0.144. The van der Waals surface area contributed by atoms with E-state index in [1.54, 1.807) is 6.92 Å². The van der Waals surface area contributed by atoms with Crippen LogP contribution in [0.5, 0.6) is 0 Å². The first-order valence-electron chi connectivity index (χ1n) is 5.32. The molecule has 1 aromatic rings. The Labute approximate surface area is 98.4 Å². The molecule has 0 N–H and O–H groups in total. The van der Waals surface area contributed by atoms with Crippen LogP contribution < -0.4 is 0 Å². The van der Waals surface area contributed by atoms with E-state index in [0.717, 1.165) is 5.56 Å². The van der Waals surface area contributed by atoms with Crippen molar-refractivity contribution < 1.29 is 9.53 Å². The maximum atomic E-state index is 11.6. The Balaban J connectivity index is 2.26. The molecule has 17 heavy (non-hydrogen) atoms. The van der Waals surface area contributed by atoms with Gasteiger partial charge in [0.1, 0.15) is 0 Å². The zero-order valence-corrected chi connectivity index (χ0v) is 9.41. The van der Waals surface area contributed by atoms with Gasteiger partial charge in [0.2, 0.25) is 5.66 Å². The highest BCUT2D eigenvalue weighted by Crippen LogP contribution is 2.35. The zero-order chi connectivity index (χ0) is 12.1. The zero-order valence-electron chi connectivity index (χ0n) is 9.41. The molecule has 1 aromatic carbocycles. The molecule has 6 nitrogen and oxygen atoms in total. The smallest absolute Gasteiger partial charge is 0.310 e. The average Bonchev–Trinajstić information content (AvgIpc) is 2.80. The van der Waals surface area contributed by atoms with E-state index in [-0.39, 0.29) is 12.4 Å². The van der Waals surface area contributed by atoms with Gasteiger partial charge in [-0.15, -0.1) is 10.2 Å². The van der Waals surface area contributed by atoms with E-state index in [0.29, 0.717) is 6.61 Å². The van der Waals surface area contributed by atoms with Crippen LogP contribution in [-0.4, -0.2) is 12.6 Å². The number of carbonyl (C=O) groups excluding carboxylic acids is 1. The van der Waals surface area contributed by atoms with Crippen molar-refractivity contribution in [2.45, 2.75) is 19.0 Å². The van der Waals surface area contributed by atoms with Gasteiger partial charge in [0.05, 0.1) is 13.0 Å². The van der Waals surface area contributed by atoms with Gasteiger partial charge in [-0.05, 0) is 17.4 Å². The van der Waals surface area contributed by atoms with Crippen LogP contribution in [-0.2, 0) is 15.2 Å². The summed E-state index contributed by atoms with van der Waals surface area (Å²) in [6.07, 6.45) is 0.0118. The van der Waals surface area contributed by atoms with Gasteiger partial charge in [-0.25, -0.2) is 0 Å². The van der Waals surface area contributed by atoms with Crippen LogP contribution in [0.2, 0.25) is 0 Å². The fourth-order valence-electron chi connectivity index (χ4n) is 1.61. The Morgan fingerprint density at radius 2 is 1.88 bits per heavy atom. The summed E-state index contributed by atoms with van der Waals surface area (Å²) < 4.78 is 4.91. The van der Waals surface area contributed by atoms with E-state index >= 15 is 0 Å². The van der Waals surface area contributed by atoms with Gasteiger partial charge in [0.25, 0.3) is 0 Å². The first-order chi connectivity index (χ1) is 8.27. The lowest BCUT2D eigenvalue weighted by Crippen LogP contribution is -2.24. The third-order valence-corrected chi connectivity index (χ3v) is 2.39. The Morgan fingerprint density at radius 3 is 2.47 bits per heavy atom. The number of hydrogen-bond donors (Lipinski definition) is 0. The predicted octanol–water partition coefficient (Wildman–Crippen LogP) is 2.63. The minimum atomic E-state index is -1.05. The molecule has 0 aliphatic carbocycles. The molecule has 1 heterocycles. The summed E-state index contributed by atoms with van der Waals surface area (Å²) in [5.74, 6) is -0.365. The van der Waals surface area contributed by atoms with Crippen LogP contribution in [0.25, 0.3) is 0 Å². The summed E-state index contributed by atoms with van der Waals surface area (Å²) >= 11 is 0. The first-order valence-corrected chi connectivity index (χ1v) is 5.32. The molecule has 0 saturated carbocycles. The largest absolute Gasteiger partial charge is 0.466 e. The minimum Gasteiger partial charge on any atom is -0.466 e. The maximum Gasteiger partial charge on any atom is 0.310 e. The molecular formula is C11H12N4O2. The second-order valence-corrected chi connectivity index (χ2v) is 3.54. The Hall–Kier alpha value is -2.11. The summed E-state index contributed by atoms with van der Waals surface area (Å²) in [4.78, 5) is 11.6. The number of carbonyl (C=O) groups is 1. The van der Waals surface area contributed by atoms with E-state index in [1.165, 1.54) is 0 Å². The predicted molar refractivity (Wildman–Crippen MR) is 59.1 cm³/mol. The van der Waals surface area contributed by atoms with Gasteiger partial charge in [0.15, 0.2) is 0 Å². The summed E-state index contributed by atoms with van der Waals surface area (Å²) in [6, 6.07) is 9.26. The van der Waals surface area contributed by atoms with Gasteiger partial charge in [-0.2, -0.15) is 0 Å². The van der Waals surface area contributed by atoms with Crippen molar-refractivity contribution in [3.05, 3.63) is 35.9 Å². The van der Waals surface area contributed by atoms with Crippen LogP contribution >= 0.6 is 0 Å². The Bertz CT molecular complexity index is 444. The van der Waals surface area contributed by atoms with Crippen LogP contribution in [0.1, 0.15) is 18.9 Å². The minimum absolute atomic E-state index is 0.0118. The van der Waals surface area contributed by atoms with Crippen molar-refractivity contribution in [2.75, 3.05) is 6.61 Å². The molecular weight excluding hydrogens is 220 g/mol. The van der Waals surface area contributed by atoms with Gasteiger partial charge in [-0.3, -0.25) is 4.79 Å². The molecule has 0 aromatic heterocycles. The number of hydrogen-bond acceptors (Lipinski definition) is 6. The third kappa shape index (κ3) is 2.35. The van der Waals surface area contributed by atoms with Gasteiger partial charge < -0.3 is 4.74 Å². The van der Waals surface area contributed by atoms with Crippen molar-refractivity contribution in [3.8, 4) is 0 Å². The molecule has 2 rings (SSSR count). The van der Waals surface area contributed by atoms with E-state index in [2.05, 4.69) is 20.7 Å². The fourth-order valence-corrected chi connectivity index (χ4v) is 1.61. The van der Waals surface area contributed by atoms with Crippen molar-refractivity contribution in [1.82, 2.24) is 0 Å². The SMILES string of the molecule is CCOC(=O)CC1(c2ccccc2)N=NN=N1. The highest BCUT2D eigenvalue weighted by atomic mass is 16.5. The molecule has 0 radical (unpaired) electrons. The number of rotatable bonds is 4. The molecule has 1 aliphatic rings. The quantitative estimate of drug-likeness (QED) is 0.748. The number of esters is 1. The molecule has 0 spiro atoms. The van der Waals surface area contributed by atoms with Crippen LogP contribution in [0, 0.1) is 0 Å². The second kappa shape index (κ2) is 4.82. The van der Waals surface area contributed by atoms with Crippen molar-refractivity contribution >= 4 is 5.97 Å². The molecule has 1 aliphatic heterocycles. The molecule has 0 amide bonds. The molecule has 0 bridgehead atoms. The monoisotopic (exact) mass is 232 g/mol. The summed E-state index contributed by atoms with van der Waals surface area (Å²) in [7, 11) is 0. The summed E-state index contributed by atoms with van der Waals surface area (Å²) in [6.45, 7) is 2.09. The fraction of sp³-hybridized carbons (Fsp3) is 0.364. The lowest BCUT2D eigenvalue weighted by atomic mass is 9.98. The normalized spacial score (nSPS) is 16.1. The van der Waals surface area contributed by atoms with Crippen LogP contribution in [0.15, 0.2) is 51.0 Å². The van der Waals surface area contributed by atoms with Gasteiger partial charge >= 0.3 is 5.97 Å². The van der Waals surface area contributed by atoms with Crippen molar-refractivity contribution in [2.24, 2.45) is 20.7 Å². The highest BCUT2D eigenvalue weighted by Gasteiger charge is 2.38. The average molecular weight is 232 g/mol. The van der Waals surface area contributed by atoms with Crippen LogP contribution in [0.3, 0.4) is 0 Å². The molecule has 6 heteroatoms. The molecule has 0 saturated heterocycles. The second-order valence-electron chi connectivity index (χ2n) is 3.54. The number of ether oxygens (including phenoxy) is 1. The van der Waals surface area contributed by atoms with Crippen molar-refractivity contribution in [3.63, 3.8) is 0 Å². The van der Waals surface area contributed by atoms with E-state index in [9.17, 15) is 4.79 Å². The molecule has 0 fully saturated rings. The molecule has 0 unspecified atom stereocenters. The lowest BCUT2D eigenvalue weighted by Gasteiger charge is -2.18. The molecule has 0 atom stereocenters. The van der Waals surface area contributed by atoms with Gasteiger partial charge in [-0.1, -0.05) is 30.3 Å². The topological polar surface area (TPSA) is 75.7 Å². The van der Waals surface area contributed by atoms with Crippen molar-refractivity contribution in [1.29, 1.82) is 0 Å². The van der Waals surface area contributed by atoms with Crippen LogP contribution in [0.4, 0.5) is 0 Å². The Kier molecular flexibility index (Phi) is 3.22. The third-order valence-electron chi connectivity index (χ3n) is 2.39. The Morgan fingerprint density at radius 1 is 1.24 bits per heavy atom. The first kappa shape index (κ1) is 11.4. The highest BCUT2D eigenvalue weighted by molar-refractivity contribution is 5.71. The number of nitrogens with zero attached hydrogens (tertiary/aromatic N) is 4. The standard InChI is InChI=1S/C11H12N4O2/c1-2-17-10(16)8-11(12-14-15-13-11)9-6-4-3-5-7-9/h3-7H,2,8H2,1H3. The maximum absolute atomic E-state index is 11.6.